The fraction of sp³-hybridized carbons (Fsp3) is 0.643. The minimum atomic E-state index is -3.98. The van der Waals surface area contributed by atoms with E-state index in [4.69, 9.17) is 28.4 Å². The summed E-state index contributed by atoms with van der Waals surface area (Å²) in [6.07, 6.45) is 13.4. The fourth-order valence-corrected chi connectivity index (χ4v) is 19.5. The molecule has 2 N–H and O–H groups in total. The van der Waals surface area contributed by atoms with Gasteiger partial charge in [0.15, 0.2) is 11.6 Å². The Bertz CT molecular complexity index is 4300. The summed E-state index contributed by atoms with van der Waals surface area (Å²) < 4.78 is 119. The molecule has 4 aliphatic heterocycles. The Morgan fingerprint density at radius 2 is 0.929 bits per heavy atom. The highest BCUT2D eigenvalue weighted by Gasteiger charge is 2.65. The zero-order valence-corrected chi connectivity index (χ0v) is 68.8. The smallest absolute Gasteiger partial charge is 0.307 e. The van der Waals surface area contributed by atoms with E-state index in [0.29, 0.717) is 98.6 Å². The average Bonchev–Trinajstić information content (AvgIpc) is 1.57. The Labute approximate surface area is 656 Å². The van der Waals surface area contributed by atoms with Crippen LogP contribution in [0.2, 0.25) is 0 Å². The molecule has 2 aromatic heterocycles. The molecule has 6 heterocycles. The van der Waals surface area contributed by atoms with Crippen LogP contribution in [0, 0.1) is 69.8 Å². The molecular formula is C84H112F2N6O18S2. The molecule has 14 atom stereocenters. The number of aromatic nitrogens is 2. The molecule has 2 aromatic carbocycles. The number of hydrogen-bond donors (Lipinski definition) is 2. The first-order valence-electron chi connectivity index (χ1n) is 39.7. The van der Waals surface area contributed by atoms with Gasteiger partial charge < -0.3 is 38.2 Å². The van der Waals surface area contributed by atoms with E-state index in [9.17, 15) is 54.4 Å². The number of hydrogen-bond acceptors (Lipinski definition) is 20. The highest BCUT2D eigenvalue weighted by atomic mass is 32.2. The largest absolute Gasteiger partial charge is 0.481 e. The Hall–Kier alpha value is -8.14. The molecular weight excluding hydrogens is 1480 g/mol. The van der Waals surface area contributed by atoms with Crippen LogP contribution >= 0.6 is 0 Å². The fourth-order valence-electron chi connectivity index (χ4n) is 16.9. The number of carbonyl (C=O) groups is 8. The van der Waals surface area contributed by atoms with Gasteiger partial charge in [-0.05, 0) is 215 Å². The second kappa shape index (κ2) is 33.0. The summed E-state index contributed by atoms with van der Waals surface area (Å²) in [7, 11) is -5.10. The van der Waals surface area contributed by atoms with Crippen molar-refractivity contribution in [3.8, 4) is 23.5 Å². The van der Waals surface area contributed by atoms with Gasteiger partial charge in [0.05, 0.1) is 84.4 Å². The van der Waals surface area contributed by atoms with Crippen molar-refractivity contribution in [2.45, 2.75) is 256 Å². The number of allylic oxidation sites excluding steroid dienone is 4. The average molecular weight is 1600 g/mol. The number of esters is 2. The quantitative estimate of drug-likeness (QED) is 0.0690. The number of methoxy groups -OCH3 is 2. The topological polar surface area (TPSA) is 317 Å². The first kappa shape index (κ1) is 84.8. The second-order valence-electron chi connectivity index (χ2n) is 35.4. The lowest BCUT2D eigenvalue weighted by Crippen LogP contribution is -2.48. The van der Waals surface area contributed by atoms with Crippen molar-refractivity contribution in [2.75, 3.05) is 27.3 Å². The molecule has 4 saturated carbocycles. The summed E-state index contributed by atoms with van der Waals surface area (Å²) in [6.45, 7) is 22.0. The van der Waals surface area contributed by atoms with Gasteiger partial charge in [0.1, 0.15) is 35.0 Å². The van der Waals surface area contributed by atoms with Gasteiger partial charge in [0, 0.05) is 48.6 Å². The van der Waals surface area contributed by atoms with E-state index < -0.39 is 135 Å². The number of Topliss-reactive ketones (excluding diaryl/α,β-unsaturated/α-hetero) is 2. The van der Waals surface area contributed by atoms with Gasteiger partial charge in [-0.1, -0.05) is 64.8 Å². The summed E-state index contributed by atoms with van der Waals surface area (Å²) >= 11 is 0. The third-order valence-electron chi connectivity index (χ3n) is 24.3. The number of nitrogens with zero attached hydrogens (tertiary/aromatic N) is 4. The SMILES string of the molecule is CC[C@@H]1C[C@@H](C)CC/C=C\[C@@H]2C[C@@]2(C(=O)NS(=O)(=O)C2(C)CC2)CC(=O)[C@@H]2C[C@@H](Oc3nc(OC)cc4cc(F)ccc34)CN2C(=O)[C@H]1CC(=O)OC(C)(C)C.CC[C@@H]1C[C@H](C)CC/C=C\[C@@H]2C[C@@]2(C(=O)NS(=O)(=O)C2(C)CC2)CC(=O)[C@@H]2C[C@@H](Oc3nc(OC)cc4cc(F)ccc34)CN2C(=O)[C@H]1CC(=O)OC(C)(C)C. The Balaban J connectivity index is 0.000000221. The summed E-state index contributed by atoms with van der Waals surface area (Å²) in [5.74, 6) is -6.63. The summed E-state index contributed by atoms with van der Waals surface area (Å²) in [5, 5.41) is 1.98. The van der Waals surface area contributed by atoms with Crippen molar-refractivity contribution in [3.05, 3.63) is 84.5 Å². The highest BCUT2D eigenvalue weighted by Crippen LogP contribution is 2.59. The zero-order valence-electron chi connectivity index (χ0n) is 67.1. The normalized spacial score (nSPS) is 30.0. The van der Waals surface area contributed by atoms with Crippen LogP contribution in [0.25, 0.3) is 21.5 Å². The van der Waals surface area contributed by atoms with Crippen molar-refractivity contribution in [1.29, 1.82) is 0 Å². The molecule has 4 aromatic rings. The van der Waals surface area contributed by atoms with Gasteiger partial charge in [-0.2, -0.15) is 9.97 Å². The Kier molecular flexibility index (Phi) is 25.0. The van der Waals surface area contributed by atoms with E-state index in [1.165, 1.54) is 48.3 Å². The lowest BCUT2D eigenvalue weighted by molar-refractivity contribution is -0.160. The number of rotatable bonds is 18. The summed E-state index contributed by atoms with van der Waals surface area (Å²) in [4.78, 5) is 126. The number of amides is 4. The van der Waals surface area contributed by atoms with Gasteiger partial charge in [0.25, 0.3) is 0 Å². The molecule has 12 rings (SSSR count). The molecule has 24 nitrogen and oxygen atoms in total. The van der Waals surface area contributed by atoms with E-state index in [1.54, 1.807) is 79.7 Å². The van der Waals surface area contributed by atoms with Crippen LogP contribution in [0.5, 0.6) is 23.5 Å². The van der Waals surface area contributed by atoms with Crippen LogP contribution < -0.4 is 28.4 Å². The molecule has 28 heteroatoms. The van der Waals surface area contributed by atoms with E-state index in [1.807, 2.05) is 38.2 Å². The lowest BCUT2D eigenvalue weighted by Gasteiger charge is -2.33. The number of ether oxygens (including phenoxy) is 6. The van der Waals surface area contributed by atoms with Crippen LogP contribution in [0.15, 0.2) is 72.8 Å². The van der Waals surface area contributed by atoms with E-state index >= 15 is 9.59 Å². The monoisotopic (exact) mass is 1590 g/mol. The van der Waals surface area contributed by atoms with Crippen molar-refractivity contribution >= 4 is 88.7 Å². The third kappa shape index (κ3) is 19.3. The van der Waals surface area contributed by atoms with Crippen LogP contribution in [-0.4, -0.2) is 156 Å². The number of halogens is 2. The molecule has 0 bridgehead atoms. The lowest BCUT2D eigenvalue weighted by atomic mass is 9.79. The van der Waals surface area contributed by atoms with Gasteiger partial charge >= 0.3 is 11.9 Å². The molecule has 0 unspecified atom stereocenters. The van der Waals surface area contributed by atoms with Gasteiger partial charge in [-0.25, -0.2) is 25.6 Å². The molecule has 4 amide bonds. The predicted molar refractivity (Wildman–Crippen MR) is 415 cm³/mol. The minimum Gasteiger partial charge on any atom is -0.481 e. The zero-order chi connectivity index (χ0) is 81.6. The number of benzene rings is 2. The van der Waals surface area contributed by atoms with Crippen LogP contribution in [0.1, 0.15) is 212 Å². The van der Waals surface area contributed by atoms with Crippen molar-refractivity contribution in [3.63, 3.8) is 0 Å². The number of carbonyl (C=O) groups excluding carboxylic acids is 8. The molecule has 6 fully saturated rings. The van der Waals surface area contributed by atoms with Crippen LogP contribution in [0.4, 0.5) is 8.78 Å². The van der Waals surface area contributed by atoms with Crippen molar-refractivity contribution in [2.24, 2.45) is 58.2 Å². The molecule has 0 spiro atoms. The number of pyridine rings is 2. The molecule has 4 aliphatic carbocycles. The number of nitrogens with one attached hydrogen (secondary N) is 2. The van der Waals surface area contributed by atoms with Gasteiger partial charge in [-0.15, -0.1) is 0 Å². The highest BCUT2D eigenvalue weighted by molar-refractivity contribution is 7.92. The first-order valence-corrected chi connectivity index (χ1v) is 42.7. The molecule has 0 radical (unpaired) electrons. The maximum Gasteiger partial charge on any atom is 0.307 e. The molecule has 612 valence electrons. The Morgan fingerprint density at radius 1 is 0.562 bits per heavy atom. The van der Waals surface area contributed by atoms with E-state index in [0.717, 1.165) is 12.8 Å². The number of fused-ring (bicyclic) bond motifs is 6. The van der Waals surface area contributed by atoms with Gasteiger partial charge in [0.2, 0.25) is 67.2 Å². The number of ketones is 2. The van der Waals surface area contributed by atoms with Gasteiger partial charge in [-0.3, -0.25) is 47.8 Å². The minimum absolute atomic E-state index is 0.0249. The number of sulfonamides is 2. The predicted octanol–water partition coefficient (Wildman–Crippen LogP) is 12.9. The van der Waals surface area contributed by atoms with E-state index in [2.05, 4.69) is 33.3 Å². The second-order valence-corrected chi connectivity index (χ2v) is 39.8. The first-order chi connectivity index (χ1) is 52.5. The van der Waals surface area contributed by atoms with E-state index in [-0.39, 0.29) is 122 Å². The Morgan fingerprint density at radius 3 is 1.26 bits per heavy atom. The van der Waals surface area contributed by atoms with Crippen LogP contribution in [0.3, 0.4) is 0 Å². The molecule has 112 heavy (non-hydrogen) atoms. The summed E-state index contributed by atoms with van der Waals surface area (Å²) in [6, 6.07) is 9.40. The standard InChI is InChI=1S/2C42H56FN3O9S/c2*1-8-26-17-25(2)11-9-10-12-28-22-42(28,39(50)45-56(51,52)41(6)15-16-41)23-34(47)33-20-30(24-46(33)38(49)32(26)21-36(48)55-40(3,4)5)54-37-31-14-13-29(43)18-27(31)19-35(44-37)53-7/h2*10,12-14,18-19,25-26,28,30,32-33H,8-9,11,15-17,20-24H2,1-7H3,(H,45,50)/b2*12-10-/t25-,26+,28+,30+,32-,33-,42+;25-,26-,28-,30-,32+,33+,42-/m01/s1. The third-order valence-corrected chi connectivity index (χ3v) is 28.6. The maximum atomic E-state index is 15.0. The van der Waals surface area contributed by atoms with Crippen molar-refractivity contribution in [1.82, 2.24) is 29.2 Å². The van der Waals surface area contributed by atoms with Crippen LogP contribution in [-0.2, 0) is 67.9 Å². The summed E-state index contributed by atoms with van der Waals surface area (Å²) in [5.41, 5.74) is -4.16. The van der Waals surface area contributed by atoms with Crippen molar-refractivity contribution < 1.29 is 92.4 Å². The molecule has 2 saturated heterocycles. The maximum absolute atomic E-state index is 15.0. The molecule has 8 aliphatic rings.